The number of aliphatic hydroxyl groups excluding tert-OH is 19. The number of carbonyl (C=O) groups excluding carboxylic acids is 3. The van der Waals surface area contributed by atoms with Gasteiger partial charge in [-0.25, -0.2) is 4.79 Å². The Morgan fingerprint density at radius 2 is 0.941 bits per heavy atom. The predicted molar refractivity (Wildman–Crippen MR) is 383 cm³/mol. The molecule has 5 aliphatic carbocycles. The topological polar surface area (TPSA) is 630 Å². The standard InChI is InChI=1S/C77H120O41/c1-26-54(108-29(4)80)44(89)49(94)66(105-26)112-56-28(3)107-69(60(51(56)96)116-67-50(95)45(90)55(27(2)106-67)111-65-53(98)57(34(83)24-104-65)113-63-46(91)40(85)32(81)22-102-63)118-71(101)77-18-17-72(5,6)19-31(77)30-11-12-37-73(7)15-14-39(74(8,25-79)36(73)13-16-75(37,9)76(30,10)20-38(77)84)110-70-61(117-68-48(93)43(88)42(87)35(21-78)109-68)58(52(97)59(115-70)62(99)100)114-64-47(92)41(86)33(82)23-103-64/h11-12,25-28,30-61,63-70,78,81-98H,13-24H2,1-10H3,(H,99,100). The van der Waals surface area contributed by atoms with Gasteiger partial charge in [0.1, 0.15) is 147 Å². The van der Waals surface area contributed by atoms with Crippen LogP contribution >= 0.6 is 0 Å². The molecule has 41 nitrogen and oxygen atoms in total. The first kappa shape index (κ1) is 92.1. The van der Waals surface area contributed by atoms with Gasteiger partial charge in [-0.05, 0) is 117 Å². The van der Waals surface area contributed by atoms with Crippen LogP contribution in [0.3, 0.4) is 0 Å². The van der Waals surface area contributed by atoms with E-state index in [1.165, 1.54) is 20.8 Å². The normalized spacial score (nSPS) is 54.7. The number of carboxylic acid groups (broad SMARTS) is 1. The lowest BCUT2D eigenvalue weighted by Gasteiger charge is -2.72. The number of rotatable bonds is 20. The summed E-state index contributed by atoms with van der Waals surface area (Å²) in [4.78, 5) is 55.7. The molecule has 8 aliphatic heterocycles. The van der Waals surface area contributed by atoms with Crippen LogP contribution in [0.4, 0.5) is 0 Å². The first-order valence-corrected chi connectivity index (χ1v) is 40.7. The Morgan fingerprint density at radius 1 is 0.441 bits per heavy atom. The number of aliphatic carboxylic acids is 1. The second kappa shape index (κ2) is 35.0. The van der Waals surface area contributed by atoms with Crippen molar-refractivity contribution < 1.29 is 202 Å². The third-order valence-electron chi connectivity index (χ3n) is 28.8. The van der Waals surface area contributed by atoms with Crippen LogP contribution in [-0.4, -0.2) is 392 Å². The maximum Gasteiger partial charge on any atom is 0.335 e. The number of hydrogen-bond donors (Lipinski definition) is 20. The zero-order valence-corrected chi connectivity index (χ0v) is 67.1. The number of carboxylic acids is 1. The molecule has 8 saturated heterocycles. The van der Waals surface area contributed by atoms with E-state index in [1.54, 1.807) is 6.92 Å². The van der Waals surface area contributed by atoms with E-state index >= 15 is 4.79 Å². The van der Waals surface area contributed by atoms with Crippen molar-refractivity contribution in [2.24, 2.45) is 56.2 Å². The maximum atomic E-state index is 16.2. The fourth-order valence-corrected chi connectivity index (χ4v) is 21.8. The van der Waals surface area contributed by atoms with Crippen LogP contribution in [0.25, 0.3) is 0 Å². The molecule has 4 saturated carbocycles. The van der Waals surface area contributed by atoms with Crippen molar-refractivity contribution >= 4 is 24.2 Å². The summed E-state index contributed by atoms with van der Waals surface area (Å²) in [7, 11) is 0. The molecule has 0 amide bonds. The molecule has 0 aromatic heterocycles. The van der Waals surface area contributed by atoms with Crippen molar-refractivity contribution in [1.82, 2.24) is 0 Å². The van der Waals surface area contributed by atoms with Gasteiger partial charge < -0.3 is 187 Å². The average Bonchev–Trinajstić information content (AvgIpc) is 0.669. The van der Waals surface area contributed by atoms with E-state index in [1.807, 2.05) is 13.8 Å². The molecular formula is C77H120O41. The van der Waals surface area contributed by atoms with Gasteiger partial charge in [0.05, 0.1) is 67.8 Å². The molecule has 48 atom stereocenters. The lowest BCUT2D eigenvalue weighted by molar-refractivity contribution is -0.391. The van der Waals surface area contributed by atoms with Gasteiger partial charge in [-0.2, -0.15) is 0 Å². The molecule has 0 aromatic carbocycles. The zero-order chi connectivity index (χ0) is 86.2. The third-order valence-corrected chi connectivity index (χ3v) is 28.8. The first-order chi connectivity index (χ1) is 55.3. The summed E-state index contributed by atoms with van der Waals surface area (Å²) < 4.78 is 102. The van der Waals surface area contributed by atoms with Gasteiger partial charge in [0.15, 0.2) is 62.3 Å². The van der Waals surface area contributed by atoms with Gasteiger partial charge in [0, 0.05) is 6.92 Å². The number of fused-ring (bicyclic) bond motifs is 7. The third kappa shape index (κ3) is 16.2. The number of carbonyl (C=O) groups is 4. The number of aliphatic hydroxyl groups is 19. The Labute approximate surface area is 678 Å². The molecule has 48 unspecified atom stereocenters. The fraction of sp³-hybridized carbons (Fsp3) is 0.922. The van der Waals surface area contributed by atoms with Crippen molar-refractivity contribution in [3.05, 3.63) is 12.2 Å². The molecule has 0 bridgehead atoms. The molecular weight excluding hydrogens is 1580 g/mol. The minimum atomic E-state index is -2.25. The van der Waals surface area contributed by atoms with Crippen molar-refractivity contribution in [3.63, 3.8) is 0 Å². The quantitative estimate of drug-likeness (QED) is 0.0233. The summed E-state index contributed by atoms with van der Waals surface area (Å²) in [6.07, 6.45) is -63.1. The summed E-state index contributed by atoms with van der Waals surface area (Å²) in [5, 5.41) is 224. The van der Waals surface area contributed by atoms with Gasteiger partial charge in [-0.3, -0.25) is 9.59 Å². The molecule has 0 aromatic rings. The monoisotopic (exact) mass is 1700 g/mol. The molecule has 12 fully saturated rings. The van der Waals surface area contributed by atoms with Gasteiger partial charge in [0.25, 0.3) is 0 Å². The zero-order valence-electron chi connectivity index (χ0n) is 67.1. The summed E-state index contributed by atoms with van der Waals surface area (Å²) >= 11 is 0. The predicted octanol–water partition coefficient (Wildman–Crippen LogP) is -7.07. The molecule has 13 rings (SSSR count). The second-order valence-electron chi connectivity index (χ2n) is 36.6. The van der Waals surface area contributed by atoms with Gasteiger partial charge in [-0.1, -0.05) is 53.7 Å². The molecule has 0 spiro atoms. The van der Waals surface area contributed by atoms with E-state index in [4.69, 9.17) is 80.5 Å². The molecule has 8 heterocycles. The highest BCUT2D eigenvalue weighted by Gasteiger charge is 2.74. The summed E-state index contributed by atoms with van der Waals surface area (Å²) in [5.74, 6) is -5.68. The molecule has 674 valence electrons. The first-order valence-electron chi connectivity index (χ1n) is 40.7. The molecule has 0 radical (unpaired) electrons. The van der Waals surface area contributed by atoms with Crippen LogP contribution in [0.2, 0.25) is 0 Å². The molecule has 41 heteroatoms. The number of esters is 2. The maximum absolute atomic E-state index is 16.2. The van der Waals surface area contributed by atoms with Crippen LogP contribution in [0.15, 0.2) is 12.2 Å². The van der Waals surface area contributed by atoms with E-state index in [-0.39, 0.29) is 25.2 Å². The summed E-state index contributed by atoms with van der Waals surface area (Å²) in [6.45, 7) is 14.8. The smallest absolute Gasteiger partial charge is 0.335 e. The van der Waals surface area contributed by atoms with E-state index in [0.717, 1.165) is 13.2 Å². The van der Waals surface area contributed by atoms with Crippen molar-refractivity contribution in [2.45, 2.75) is 360 Å². The van der Waals surface area contributed by atoms with E-state index in [9.17, 15) is 117 Å². The summed E-state index contributed by atoms with van der Waals surface area (Å²) in [5.41, 5.74) is -6.13. The van der Waals surface area contributed by atoms with Crippen LogP contribution in [0.1, 0.15) is 121 Å². The highest BCUT2D eigenvalue weighted by Crippen LogP contribution is 2.76. The number of hydrogen-bond acceptors (Lipinski definition) is 40. The Bertz CT molecular complexity index is 3510. The number of allylic oxidation sites excluding steroid dienone is 2. The molecule has 20 N–H and O–H groups in total. The molecule has 13 aliphatic rings. The lowest BCUT2D eigenvalue weighted by atomic mass is 9.32. The van der Waals surface area contributed by atoms with E-state index in [0.29, 0.717) is 32.1 Å². The SMILES string of the molecule is CC(=O)OC1C(C)OC(OC2C(C)OC(OC(=O)C34CCC(C)(C)CC3C3C=CC5C6(C)CCC(OC7OC(C(=O)O)C(O)C(OC8OCC(O)C(O)C8O)C7OC7OC(CO)C(O)C(O)C7O)C(C)(C=O)C6CCC5(C)C3(C)CC4O)C(OC3OC(C)C(OC4OCC(O)C(OC5OCC(O)C(O)C5O)C4O)C(O)C3O)C2O)C(O)C1O. The summed E-state index contributed by atoms with van der Waals surface area (Å²) in [6, 6.07) is 0. The Balaban J connectivity index is 0.769. The Kier molecular flexibility index (Phi) is 27.3. The second-order valence-corrected chi connectivity index (χ2v) is 36.6. The lowest BCUT2D eigenvalue weighted by Crippen LogP contribution is -2.70. The minimum absolute atomic E-state index is 0.00612. The van der Waals surface area contributed by atoms with E-state index < -0.39 is 334 Å². The highest BCUT2D eigenvalue weighted by atomic mass is 16.8. The van der Waals surface area contributed by atoms with E-state index in [2.05, 4.69) is 32.9 Å². The van der Waals surface area contributed by atoms with Gasteiger partial charge in [0.2, 0.25) is 6.29 Å². The minimum Gasteiger partial charge on any atom is -0.479 e. The van der Waals surface area contributed by atoms with Crippen LogP contribution in [-0.2, 0) is 99.7 Å². The Morgan fingerprint density at radius 3 is 1.53 bits per heavy atom. The average molecular weight is 1700 g/mol. The van der Waals surface area contributed by atoms with Gasteiger partial charge >= 0.3 is 17.9 Å². The largest absolute Gasteiger partial charge is 0.479 e. The van der Waals surface area contributed by atoms with Crippen LogP contribution in [0, 0.1) is 56.2 Å². The number of ether oxygens (including phenoxy) is 17. The van der Waals surface area contributed by atoms with Gasteiger partial charge in [-0.15, -0.1) is 0 Å². The van der Waals surface area contributed by atoms with Crippen molar-refractivity contribution in [2.75, 3.05) is 26.4 Å². The Hall–Kier alpha value is -3.54. The van der Waals surface area contributed by atoms with Crippen LogP contribution in [0.5, 0.6) is 0 Å². The van der Waals surface area contributed by atoms with Crippen LogP contribution < -0.4 is 0 Å². The highest BCUT2D eigenvalue weighted by molar-refractivity contribution is 5.79. The van der Waals surface area contributed by atoms with Crippen molar-refractivity contribution in [1.29, 1.82) is 0 Å². The fourth-order valence-electron chi connectivity index (χ4n) is 21.8. The van der Waals surface area contributed by atoms with Crippen molar-refractivity contribution in [3.8, 4) is 0 Å². The molecule has 118 heavy (non-hydrogen) atoms. The number of aldehydes is 1.